The third-order valence-corrected chi connectivity index (χ3v) is 7.20. The zero-order chi connectivity index (χ0) is 22.3. The Kier molecular flexibility index (Phi) is 13.8. The third-order valence-electron chi connectivity index (χ3n) is 6.29. The van der Waals surface area contributed by atoms with E-state index < -0.39 is 0 Å². The predicted octanol–water partition coefficient (Wildman–Crippen LogP) is 9.14. The summed E-state index contributed by atoms with van der Waals surface area (Å²) in [6.07, 6.45) is 24.3. The first kappa shape index (κ1) is 26.6. The summed E-state index contributed by atoms with van der Waals surface area (Å²) in [6, 6.07) is 6.48. The summed E-state index contributed by atoms with van der Waals surface area (Å²) in [4.78, 5) is 0. The Hall–Kier alpha value is -0.610. The van der Waals surface area contributed by atoms with Gasteiger partial charge in [-0.2, -0.15) is 0 Å². The highest BCUT2D eigenvalue weighted by molar-refractivity contribution is 9.11. The fraction of sp³-hybridized carbons (Fsp3) is 0.667. The average molecular weight is 555 g/mol. The minimum atomic E-state index is 0.912. The number of rotatable bonds is 17. The number of imidazole rings is 1. The Labute approximate surface area is 208 Å². The van der Waals surface area contributed by atoms with E-state index in [2.05, 4.69) is 85.4 Å². The molecule has 174 valence electrons. The smallest absolute Gasteiger partial charge is 0.234 e. The van der Waals surface area contributed by atoms with E-state index in [0.717, 1.165) is 22.0 Å². The molecule has 0 saturated heterocycles. The summed E-state index contributed by atoms with van der Waals surface area (Å²) in [5.74, 6) is 1.34. The SMILES string of the molecule is CCCCCCCCCCCCCCCCn1cc[n+](Cc2cc(Br)cc(Br)c2)c1C. The Morgan fingerprint density at radius 1 is 0.710 bits per heavy atom. The lowest BCUT2D eigenvalue weighted by Crippen LogP contribution is -2.36. The van der Waals surface area contributed by atoms with Crippen LogP contribution in [0.2, 0.25) is 0 Å². The number of hydrogen-bond acceptors (Lipinski definition) is 0. The Bertz CT molecular complexity index is 719. The number of hydrogen-bond donors (Lipinski definition) is 0. The highest BCUT2D eigenvalue weighted by Crippen LogP contribution is 2.20. The van der Waals surface area contributed by atoms with Gasteiger partial charge in [0, 0.05) is 15.9 Å². The summed E-state index contributed by atoms with van der Waals surface area (Å²) in [7, 11) is 0. The third kappa shape index (κ3) is 11.2. The number of aromatic nitrogens is 2. The molecule has 31 heavy (non-hydrogen) atoms. The van der Waals surface area contributed by atoms with Crippen molar-refractivity contribution in [3.05, 3.63) is 50.9 Å². The molecule has 1 aromatic carbocycles. The minimum absolute atomic E-state index is 0.912. The van der Waals surface area contributed by atoms with Crippen molar-refractivity contribution in [1.29, 1.82) is 0 Å². The van der Waals surface area contributed by atoms with E-state index in [-0.39, 0.29) is 0 Å². The molecule has 0 amide bonds. The maximum atomic E-state index is 3.59. The lowest BCUT2D eigenvalue weighted by molar-refractivity contribution is -0.694. The first-order valence-corrected chi connectivity index (χ1v) is 14.2. The van der Waals surface area contributed by atoms with Gasteiger partial charge in [-0.15, -0.1) is 0 Å². The Morgan fingerprint density at radius 2 is 1.19 bits per heavy atom. The van der Waals surface area contributed by atoms with Gasteiger partial charge in [-0.05, 0) is 36.6 Å². The van der Waals surface area contributed by atoms with E-state index in [1.54, 1.807) is 0 Å². The van der Waals surface area contributed by atoms with Crippen LogP contribution in [-0.2, 0) is 13.1 Å². The number of unbranched alkanes of at least 4 members (excludes halogenated alkanes) is 13. The van der Waals surface area contributed by atoms with Crippen LogP contribution in [0.4, 0.5) is 0 Å². The van der Waals surface area contributed by atoms with E-state index >= 15 is 0 Å². The van der Waals surface area contributed by atoms with Gasteiger partial charge < -0.3 is 0 Å². The first-order chi connectivity index (χ1) is 15.1. The molecule has 0 spiro atoms. The molecule has 0 aliphatic heterocycles. The van der Waals surface area contributed by atoms with Crippen molar-refractivity contribution in [1.82, 2.24) is 4.57 Å². The van der Waals surface area contributed by atoms with Gasteiger partial charge in [0.15, 0.2) is 0 Å². The number of nitrogens with zero attached hydrogens (tertiary/aromatic N) is 2. The number of halogens is 2. The van der Waals surface area contributed by atoms with E-state index in [0.29, 0.717) is 0 Å². The molecule has 2 aromatic rings. The second-order valence-electron chi connectivity index (χ2n) is 9.04. The van der Waals surface area contributed by atoms with Gasteiger partial charge in [0.2, 0.25) is 0 Å². The van der Waals surface area contributed by atoms with E-state index in [9.17, 15) is 0 Å². The van der Waals surface area contributed by atoms with Crippen molar-refractivity contribution >= 4 is 31.9 Å². The summed E-state index contributed by atoms with van der Waals surface area (Å²) < 4.78 is 7.00. The molecule has 2 rings (SSSR count). The van der Waals surface area contributed by atoms with Crippen molar-refractivity contribution in [3.8, 4) is 0 Å². The van der Waals surface area contributed by atoms with Crippen LogP contribution in [0.1, 0.15) is 108 Å². The fourth-order valence-electron chi connectivity index (χ4n) is 4.32. The van der Waals surface area contributed by atoms with Crippen LogP contribution in [0.5, 0.6) is 0 Å². The Morgan fingerprint density at radius 3 is 1.71 bits per heavy atom. The van der Waals surface area contributed by atoms with E-state index in [1.165, 1.54) is 101 Å². The molecular formula is C27H43Br2N2+. The topological polar surface area (TPSA) is 8.81 Å². The molecule has 1 heterocycles. The molecule has 0 N–H and O–H groups in total. The first-order valence-electron chi connectivity index (χ1n) is 12.6. The van der Waals surface area contributed by atoms with Gasteiger partial charge in [0.25, 0.3) is 5.82 Å². The predicted molar refractivity (Wildman–Crippen MR) is 141 cm³/mol. The fourth-order valence-corrected chi connectivity index (χ4v) is 5.71. The standard InChI is InChI=1S/C27H43Br2N2/c1-3-4-5-6-7-8-9-10-11-12-13-14-15-16-17-30-18-19-31(24(30)2)23-25-20-26(28)22-27(29)21-25/h18-22H,3-17,23H2,1-2H3/q+1. The monoisotopic (exact) mass is 553 g/mol. The average Bonchev–Trinajstić information content (AvgIpc) is 3.07. The maximum Gasteiger partial charge on any atom is 0.253 e. The van der Waals surface area contributed by atoms with Gasteiger partial charge in [-0.3, -0.25) is 0 Å². The second kappa shape index (κ2) is 16.1. The van der Waals surface area contributed by atoms with Crippen LogP contribution in [-0.4, -0.2) is 4.57 Å². The van der Waals surface area contributed by atoms with Crippen LogP contribution >= 0.6 is 31.9 Å². The zero-order valence-electron chi connectivity index (χ0n) is 19.9. The molecule has 0 aliphatic rings. The minimum Gasteiger partial charge on any atom is -0.234 e. The van der Waals surface area contributed by atoms with Crippen molar-refractivity contribution in [2.24, 2.45) is 0 Å². The molecule has 0 atom stereocenters. The van der Waals surface area contributed by atoms with Gasteiger partial charge in [-0.1, -0.05) is 116 Å². The summed E-state index contributed by atoms with van der Waals surface area (Å²) in [6.45, 7) is 6.58. The summed E-state index contributed by atoms with van der Waals surface area (Å²) in [5, 5.41) is 0. The molecule has 0 saturated carbocycles. The summed E-state index contributed by atoms with van der Waals surface area (Å²) in [5.41, 5.74) is 1.31. The second-order valence-corrected chi connectivity index (χ2v) is 10.9. The van der Waals surface area contributed by atoms with Crippen LogP contribution < -0.4 is 4.57 Å². The van der Waals surface area contributed by atoms with Crippen LogP contribution in [0.15, 0.2) is 39.5 Å². The van der Waals surface area contributed by atoms with Crippen LogP contribution in [0.3, 0.4) is 0 Å². The molecular weight excluding hydrogens is 512 g/mol. The van der Waals surface area contributed by atoms with Crippen molar-refractivity contribution in [2.75, 3.05) is 0 Å². The quantitative estimate of drug-likeness (QED) is 0.136. The highest BCUT2D eigenvalue weighted by Gasteiger charge is 2.12. The largest absolute Gasteiger partial charge is 0.253 e. The maximum absolute atomic E-state index is 3.59. The van der Waals surface area contributed by atoms with Gasteiger partial charge >= 0.3 is 0 Å². The molecule has 2 nitrogen and oxygen atoms in total. The Balaban J connectivity index is 1.51. The number of benzene rings is 1. The number of aryl methyl sites for hydroxylation is 1. The van der Waals surface area contributed by atoms with Gasteiger partial charge in [0.05, 0.1) is 6.54 Å². The van der Waals surface area contributed by atoms with Crippen LogP contribution in [0, 0.1) is 6.92 Å². The van der Waals surface area contributed by atoms with Crippen molar-refractivity contribution in [3.63, 3.8) is 0 Å². The van der Waals surface area contributed by atoms with Gasteiger partial charge in [-0.25, -0.2) is 9.13 Å². The lowest BCUT2D eigenvalue weighted by Gasteiger charge is -2.04. The van der Waals surface area contributed by atoms with Gasteiger partial charge in [0.1, 0.15) is 18.9 Å². The lowest BCUT2D eigenvalue weighted by atomic mass is 10.0. The van der Waals surface area contributed by atoms with Crippen molar-refractivity contribution < 1.29 is 4.57 Å². The summed E-state index contributed by atoms with van der Waals surface area (Å²) >= 11 is 7.18. The molecule has 0 fully saturated rings. The van der Waals surface area contributed by atoms with Crippen LogP contribution in [0.25, 0.3) is 0 Å². The molecule has 0 bridgehead atoms. The molecule has 0 unspecified atom stereocenters. The van der Waals surface area contributed by atoms with Crippen molar-refractivity contribution in [2.45, 2.75) is 117 Å². The molecule has 4 heteroatoms. The molecule has 0 radical (unpaired) electrons. The highest BCUT2D eigenvalue weighted by atomic mass is 79.9. The molecule has 1 aromatic heterocycles. The molecule has 0 aliphatic carbocycles. The normalized spacial score (nSPS) is 11.4. The zero-order valence-corrected chi connectivity index (χ0v) is 23.0. The van der Waals surface area contributed by atoms with E-state index in [1.807, 2.05) is 0 Å². The van der Waals surface area contributed by atoms with E-state index in [4.69, 9.17) is 0 Å².